The number of fused-ring (bicyclic) bond motifs is 1. The summed E-state index contributed by atoms with van der Waals surface area (Å²) in [6.45, 7) is 2.54. The van der Waals surface area contributed by atoms with E-state index >= 15 is 0 Å². The van der Waals surface area contributed by atoms with Crippen molar-refractivity contribution in [2.75, 3.05) is 11.5 Å². The first kappa shape index (κ1) is 13.6. The molecule has 4 nitrogen and oxygen atoms in total. The Labute approximate surface area is 124 Å². The fourth-order valence-corrected chi connectivity index (χ4v) is 2.65. The van der Waals surface area contributed by atoms with Gasteiger partial charge in [-0.15, -0.1) is 0 Å². The summed E-state index contributed by atoms with van der Waals surface area (Å²) in [5.74, 6) is 0.697. The van der Waals surface area contributed by atoms with Gasteiger partial charge in [0.25, 0.3) is 5.91 Å². The van der Waals surface area contributed by atoms with Gasteiger partial charge in [-0.3, -0.25) is 9.69 Å². The monoisotopic (exact) mass is 282 g/mol. The van der Waals surface area contributed by atoms with Crippen molar-refractivity contribution < 1.29 is 9.53 Å². The normalized spacial score (nSPS) is 15.3. The maximum absolute atomic E-state index is 12.3. The zero-order chi connectivity index (χ0) is 14.8. The highest BCUT2D eigenvalue weighted by Gasteiger charge is 2.30. The van der Waals surface area contributed by atoms with Crippen LogP contribution in [0, 0.1) is 0 Å². The van der Waals surface area contributed by atoms with Gasteiger partial charge in [0.15, 0.2) is 6.61 Å². The van der Waals surface area contributed by atoms with Gasteiger partial charge in [0, 0.05) is 6.54 Å². The maximum Gasteiger partial charge on any atom is 0.265 e. The number of rotatable bonds is 3. The van der Waals surface area contributed by atoms with Crippen molar-refractivity contribution in [2.24, 2.45) is 5.73 Å². The first-order valence-corrected chi connectivity index (χ1v) is 7.03. The summed E-state index contributed by atoms with van der Waals surface area (Å²) in [6.07, 6.45) is 0. The van der Waals surface area contributed by atoms with E-state index in [0.717, 1.165) is 22.6 Å². The summed E-state index contributed by atoms with van der Waals surface area (Å²) in [5, 5.41) is 0. The van der Waals surface area contributed by atoms with Crippen molar-refractivity contribution in [3.63, 3.8) is 0 Å². The van der Waals surface area contributed by atoms with E-state index in [1.165, 1.54) is 0 Å². The van der Waals surface area contributed by atoms with Crippen molar-refractivity contribution in [1.82, 2.24) is 0 Å². The smallest absolute Gasteiger partial charge is 0.265 e. The van der Waals surface area contributed by atoms with Crippen LogP contribution < -0.4 is 15.4 Å². The minimum absolute atomic E-state index is 0.0342. The average molecular weight is 282 g/mol. The van der Waals surface area contributed by atoms with E-state index in [9.17, 15) is 4.79 Å². The number of amides is 1. The Balaban J connectivity index is 2.04. The van der Waals surface area contributed by atoms with Crippen LogP contribution in [0.3, 0.4) is 0 Å². The Kier molecular flexibility index (Phi) is 3.62. The lowest BCUT2D eigenvalue weighted by Crippen LogP contribution is -2.40. The van der Waals surface area contributed by atoms with Gasteiger partial charge in [-0.05, 0) is 30.2 Å². The van der Waals surface area contributed by atoms with Gasteiger partial charge in [0.2, 0.25) is 0 Å². The van der Waals surface area contributed by atoms with Crippen LogP contribution in [-0.4, -0.2) is 12.5 Å². The number of nitrogens with zero attached hydrogens (tertiary/aromatic N) is 1. The van der Waals surface area contributed by atoms with E-state index in [1.807, 2.05) is 55.5 Å². The van der Waals surface area contributed by atoms with Gasteiger partial charge in [-0.2, -0.15) is 0 Å². The summed E-state index contributed by atoms with van der Waals surface area (Å²) >= 11 is 0. The molecule has 1 aliphatic heterocycles. The topological polar surface area (TPSA) is 55.6 Å². The van der Waals surface area contributed by atoms with Crippen molar-refractivity contribution in [2.45, 2.75) is 19.5 Å². The molecule has 0 aromatic heterocycles. The minimum Gasteiger partial charge on any atom is -0.482 e. The quantitative estimate of drug-likeness (QED) is 0.941. The fourth-order valence-electron chi connectivity index (χ4n) is 2.65. The Morgan fingerprint density at radius 2 is 2.00 bits per heavy atom. The molecule has 108 valence electrons. The first-order chi connectivity index (χ1) is 10.2. The molecule has 2 aromatic carbocycles. The zero-order valence-electron chi connectivity index (χ0n) is 12.0. The van der Waals surface area contributed by atoms with Crippen LogP contribution in [0.15, 0.2) is 48.5 Å². The highest BCUT2D eigenvalue weighted by atomic mass is 16.5. The van der Waals surface area contributed by atoms with Gasteiger partial charge in [-0.25, -0.2) is 0 Å². The molecule has 1 unspecified atom stereocenters. The molecule has 0 spiro atoms. The molecule has 0 aliphatic carbocycles. The lowest BCUT2D eigenvalue weighted by molar-refractivity contribution is -0.121. The molecule has 2 N–H and O–H groups in total. The summed E-state index contributed by atoms with van der Waals surface area (Å²) in [5.41, 5.74) is 8.58. The third kappa shape index (κ3) is 2.50. The van der Waals surface area contributed by atoms with Gasteiger partial charge < -0.3 is 10.5 Å². The van der Waals surface area contributed by atoms with Gasteiger partial charge in [0.05, 0.1) is 11.7 Å². The number of hydrogen-bond donors (Lipinski definition) is 1. The number of carbonyl (C=O) groups excluding carboxylic acids is 1. The van der Waals surface area contributed by atoms with Crippen LogP contribution in [0.4, 0.5) is 5.69 Å². The Bertz CT molecular complexity index is 655. The third-order valence-electron chi connectivity index (χ3n) is 3.81. The van der Waals surface area contributed by atoms with Crippen molar-refractivity contribution >= 4 is 11.6 Å². The number of hydrogen-bond acceptors (Lipinski definition) is 3. The second-order valence-electron chi connectivity index (χ2n) is 5.15. The Hall–Kier alpha value is -2.33. The highest BCUT2D eigenvalue weighted by Crippen LogP contribution is 2.38. The van der Waals surface area contributed by atoms with Crippen LogP contribution in [0.5, 0.6) is 5.75 Å². The number of ether oxygens (including phenoxy) is 1. The van der Waals surface area contributed by atoms with Gasteiger partial charge in [0.1, 0.15) is 5.75 Å². The number of nitrogens with two attached hydrogens (primary N) is 1. The van der Waals surface area contributed by atoms with E-state index in [-0.39, 0.29) is 18.6 Å². The fraction of sp³-hybridized carbons (Fsp3) is 0.235. The molecule has 1 amide bonds. The number of benzene rings is 2. The standard InChI is InChI=1S/C17H18N2O2/c1-12(14-5-3-2-4-6-14)19-15-9-13(10-18)7-8-16(15)21-11-17(19)20/h2-9,12H,10-11,18H2,1H3. The molecular formula is C17H18N2O2. The molecule has 4 heteroatoms. The summed E-state index contributed by atoms with van der Waals surface area (Å²) < 4.78 is 5.52. The molecule has 0 fully saturated rings. The molecular weight excluding hydrogens is 264 g/mol. The van der Waals surface area contributed by atoms with E-state index in [4.69, 9.17) is 10.5 Å². The van der Waals surface area contributed by atoms with Crippen molar-refractivity contribution in [3.8, 4) is 5.75 Å². The Morgan fingerprint density at radius 1 is 1.24 bits per heavy atom. The predicted octanol–water partition coefficient (Wildman–Crippen LogP) is 2.63. The molecule has 0 saturated heterocycles. The largest absolute Gasteiger partial charge is 0.482 e. The van der Waals surface area contributed by atoms with Crippen molar-refractivity contribution in [3.05, 3.63) is 59.7 Å². The van der Waals surface area contributed by atoms with Crippen LogP contribution in [0.2, 0.25) is 0 Å². The van der Waals surface area contributed by atoms with Crippen LogP contribution in [0.25, 0.3) is 0 Å². The molecule has 1 atom stereocenters. The first-order valence-electron chi connectivity index (χ1n) is 7.03. The predicted molar refractivity (Wildman–Crippen MR) is 82.2 cm³/mol. The molecule has 1 aliphatic rings. The molecule has 3 rings (SSSR count). The molecule has 0 bridgehead atoms. The minimum atomic E-state index is -0.0469. The lowest BCUT2D eigenvalue weighted by atomic mass is 10.0. The van der Waals surface area contributed by atoms with Crippen LogP contribution in [0.1, 0.15) is 24.1 Å². The molecule has 2 aromatic rings. The number of anilines is 1. The Morgan fingerprint density at radius 3 is 2.71 bits per heavy atom. The van der Waals surface area contributed by atoms with E-state index < -0.39 is 0 Å². The molecule has 21 heavy (non-hydrogen) atoms. The zero-order valence-corrected chi connectivity index (χ0v) is 12.0. The van der Waals surface area contributed by atoms with Gasteiger partial charge in [-0.1, -0.05) is 36.4 Å². The highest BCUT2D eigenvalue weighted by molar-refractivity contribution is 5.98. The molecule has 0 saturated carbocycles. The summed E-state index contributed by atoms with van der Waals surface area (Å²) in [7, 11) is 0. The summed E-state index contributed by atoms with van der Waals surface area (Å²) in [4.78, 5) is 14.1. The third-order valence-corrected chi connectivity index (χ3v) is 3.81. The SMILES string of the molecule is CC(c1ccccc1)N1C(=O)COc2ccc(CN)cc21. The van der Waals surface area contributed by atoms with E-state index in [0.29, 0.717) is 6.54 Å². The molecule has 1 heterocycles. The lowest BCUT2D eigenvalue weighted by Gasteiger charge is -2.34. The van der Waals surface area contributed by atoms with Crippen LogP contribution in [-0.2, 0) is 11.3 Å². The maximum atomic E-state index is 12.3. The van der Waals surface area contributed by atoms with E-state index in [2.05, 4.69) is 0 Å². The van der Waals surface area contributed by atoms with E-state index in [1.54, 1.807) is 4.90 Å². The second-order valence-corrected chi connectivity index (χ2v) is 5.15. The summed E-state index contributed by atoms with van der Waals surface area (Å²) in [6, 6.07) is 15.7. The second kappa shape index (κ2) is 5.58. The van der Waals surface area contributed by atoms with Gasteiger partial charge >= 0.3 is 0 Å². The molecule has 0 radical (unpaired) electrons. The average Bonchev–Trinajstić information content (AvgIpc) is 2.54. The number of carbonyl (C=O) groups is 1. The van der Waals surface area contributed by atoms with Crippen LogP contribution >= 0.6 is 0 Å². The van der Waals surface area contributed by atoms with Crippen molar-refractivity contribution in [1.29, 1.82) is 0 Å².